The fourth-order valence-corrected chi connectivity index (χ4v) is 3.59. The molecule has 3 aromatic rings. The lowest BCUT2D eigenvalue weighted by molar-refractivity contribution is -0.113. The van der Waals surface area contributed by atoms with E-state index in [-0.39, 0.29) is 18.1 Å². The zero-order valence-electron chi connectivity index (χ0n) is 16.0. The zero-order chi connectivity index (χ0) is 21.8. The Labute approximate surface area is 180 Å². The summed E-state index contributed by atoms with van der Waals surface area (Å²) >= 11 is 1.05. The van der Waals surface area contributed by atoms with Crippen LogP contribution < -0.4 is 20.1 Å². The molecular formula is C22H16F2N2O4S. The van der Waals surface area contributed by atoms with E-state index >= 15 is 0 Å². The van der Waals surface area contributed by atoms with E-state index in [9.17, 15) is 18.4 Å². The number of halogens is 2. The van der Waals surface area contributed by atoms with Crippen LogP contribution >= 0.6 is 11.8 Å². The minimum atomic E-state index is -0.976. The van der Waals surface area contributed by atoms with Crippen molar-refractivity contribution < 1.29 is 27.8 Å². The number of carbonyl (C=O) groups excluding carboxylic acids is 2. The van der Waals surface area contributed by atoms with Crippen molar-refractivity contribution in [3.63, 3.8) is 0 Å². The molecule has 9 heteroatoms. The Kier molecular flexibility index (Phi) is 6.03. The van der Waals surface area contributed by atoms with E-state index in [2.05, 4.69) is 10.6 Å². The lowest BCUT2D eigenvalue weighted by Gasteiger charge is -2.12. The average Bonchev–Trinajstić information content (AvgIpc) is 3.23. The fraction of sp³-hybridized carbons (Fsp3) is 0.0909. The molecule has 1 heterocycles. The Morgan fingerprint density at radius 3 is 2.55 bits per heavy atom. The number of nitrogens with one attached hydrogen (secondary N) is 2. The van der Waals surface area contributed by atoms with Crippen LogP contribution in [0.1, 0.15) is 10.4 Å². The van der Waals surface area contributed by atoms with Gasteiger partial charge in [0, 0.05) is 16.6 Å². The van der Waals surface area contributed by atoms with E-state index in [1.54, 1.807) is 42.5 Å². The summed E-state index contributed by atoms with van der Waals surface area (Å²) in [6.45, 7) is 0.129. The smallest absolute Gasteiger partial charge is 0.257 e. The molecule has 0 aromatic heterocycles. The molecule has 0 spiro atoms. The van der Waals surface area contributed by atoms with Crippen LogP contribution in [0.15, 0.2) is 65.6 Å². The first kappa shape index (κ1) is 20.7. The van der Waals surface area contributed by atoms with Crippen molar-refractivity contribution in [2.24, 2.45) is 0 Å². The van der Waals surface area contributed by atoms with Gasteiger partial charge in [-0.05, 0) is 42.5 Å². The molecule has 0 saturated heterocycles. The predicted molar refractivity (Wildman–Crippen MR) is 113 cm³/mol. The first-order valence-electron chi connectivity index (χ1n) is 9.17. The van der Waals surface area contributed by atoms with Crippen LogP contribution in [0, 0.1) is 11.6 Å². The van der Waals surface area contributed by atoms with Crippen LogP contribution in [0.2, 0.25) is 0 Å². The number of benzene rings is 3. The van der Waals surface area contributed by atoms with Gasteiger partial charge in [0.2, 0.25) is 12.7 Å². The minimum absolute atomic E-state index is 0.0385. The molecule has 0 atom stereocenters. The second-order valence-corrected chi connectivity index (χ2v) is 7.53. The van der Waals surface area contributed by atoms with Gasteiger partial charge in [0.1, 0.15) is 0 Å². The number of hydrogen-bond donors (Lipinski definition) is 2. The number of ether oxygens (including phenoxy) is 2. The third kappa shape index (κ3) is 4.95. The summed E-state index contributed by atoms with van der Waals surface area (Å²) in [5, 5.41) is 5.44. The summed E-state index contributed by atoms with van der Waals surface area (Å²) in [4.78, 5) is 25.5. The average molecular weight is 442 g/mol. The Balaban J connectivity index is 1.41. The summed E-state index contributed by atoms with van der Waals surface area (Å²) < 4.78 is 36.9. The van der Waals surface area contributed by atoms with Crippen LogP contribution in [0.4, 0.5) is 20.2 Å². The van der Waals surface area contributed by atoms with Crippen LogP contribution in [0.3, 0.4) is 0 Å². The van der Waals surface area contributed by atoms with E-state index in [0.29, 0.717) is 27.8 Å². The van der Waals surface area contributed by atoms with Crippen molar-refractivity contribution in [3.05, 3.63) is 77.9 Å². The van der Waals surface area contributed by atoms with Gasteiger partial charge in [-0.25, -0.2) is 8.78 Å². The highest BCUT2D eigenvalue weighted by atomic mass is 32.2. The number of amides is 2. The topological polar surface area (TPSA) is 76.7 Å². The van der Waals surface area contributed by atoms with Crippen molar-refractivity contribution >= 4 is 35.0 Å². The van der Waals surface area contributed by atoms with E-state index in [1.807, 2.05) is 0 Å². The van der Waals surface area contributed by atoms with E-state index in [1.165, 1.54) is 6.07 Å². The molecule has 2 amide bonds. The molecule has 0 bridgehead atoms. The van der Waals surface area contributed by atoms with Gasteiger partial charge in [-0.2, -0.15) is 0 Å². The fourth-order valence-electron chi connectivity index (χ4n) is 2.86. The van der Waals surface area contributed by atoms with Crippen LogP contribution in [0.5, 0.6) is 11.5 Å². The predicted octanol–water partition coefficient (Wildman–Crippen LogP) is 4.68. The number of anilines is 2. The van der Waals surface area contributed by atoms with E-state index in [4.69, 9.17) is 9.47 Å². The third-order valence-corrected chi connectivity index (χ3v) is 5.33. The van der Waals surface area contributed by atoms with E-state index < -0.39 is 23.4 Å². The number of hydrogen-bond acceptors (Lipinski definition) is 5. The zero-order valence-corrected chi connectivity index (χ0v) is 16.8. The molecule has 0 unspecified atom stereocenters. The molecule has 0 saturated carbocycles. The van der Waals surface area contributed by atoms with Gasteiger partial charge in [0.15, 0.2) is 23.1 Å². The summed E-state index contributed by atoms with van der Waals surface area (Å²) in [6, 6.07) is 15.0. The molecular weight excluding hydrogens is 426 g/mol. The first-order valence-corrected chi connectivity index (χ1v) is 10.2. The summed E-state index contributed by atoms with van der Waals surface area (Å²) in [5.41, 5.74) is 1.12. The summed E-state index contributed by atoms with van der Waals surface area (Å²) in [5.74, 6) is -1.63. The highest BCUT2D eigenvalue weighted by Crippen LogP contribution is 2.34. The molecule has 1 aliphatic heterocycles. The number of carbonyl (C=O) groups is 2. The van der Waals surface area contributed by atoms with Gasteiger partial charge >= 0.3 is 0 Å². The maximum atomic E-state index is 13.3. The van der Waals surface area contributed by atoms with Crippen molar-refractivity contribution in [2.45, 2.75) is 4.90 Å². The molecule has 158 valence electrons. The Morgan fingerprint density at radius 2 is 1.71 bits per heavy atom. The number of thioether (sulfide) groups is 1. The second-order valence-electron chi connectivity index (χ2n) is 6.48. The largest absolute Gasteiger partial charge is 0.454 e. The Hall–Kier alpha value is -3.59. The van der Waals surface area contributed by atoms with Crippen molar-refractivity contribution in [1.82, 2.24) is 0 Å². The van der Waals surface area contributed by atoms with Gasteiger partial charge in [0.25, 0.3) is 5.91 Å². The Bertz CT molecular complexity index is 1160. The molecule has 31 heavy (non-hydrogen) atoms. The quantitative estimate of drug-likeness (QED) is 0.543. The number of fused-ring (bicyclic) bond motifs is 1. The van der Waals surface area contributed by atoms with Gasteiger partial charge in [-0.3, -0.25) is 9.59 Å². The SMILES string of the molecule is O=C(CSc1ccc(F)c(F)c1)Nc1ccccc1C(=O)Nc1ccc2c(c1)OCO2. The lowest BCUT2D eigenvalue weighted by atomic mass is 10.1. The maximum Gasteiger partial charge on any atom is 0.257 e. The van der Waals surface area contributed by atoms with Crippen LogP contribution in [-0.4, -0.2) is 24.4 Å². The first-order chi connectivity index (χ1) is 15.0. The molecule has 0 aliphatic carbocycles. The molecule has 6 nitrogen and oxygen atoms in total. The van der Waals surface area contributed by atoms with Gasteiger partial charge in [-0.15, -0.1) is 11.8 Å². The van der Waals surface area contributed by atoms with Gasteiger partial charge in [-0.1, -0.05) is 12.1 Å². The Morgan fingerprint density at radius 1 is 0.903 bits per heavy atom. The van der Waals surface area contributed by atoms with Crippen molar-refractivity contribution in [1.29, 1.82) is 0 Å². The van der Waals surface area contributed by atoms with Gasteiger partial charge in [0.05, 0.1) is 17.0 Å². The number of para-hydroxylation sites is 1. The molecule has 1 aliphatic rings. The van der Waals surface area contributed by atoms with E-state index in [0.717, 1.165) is 23.9 Å². The minimum Gasteiger partial charge on any atom is -0.454 e. The molecule has 3 aromatic carbocycles. The van der Waals surface area contributed by atoms with Crippen LogP contribution in [0.25, 0.3) is 0 Å². The maximum absolute atomic E-state index is 13.3. The molecule has 2 N–H and O–H groups in total. The highest BCUT2D eigenvalue weighted by molar-refractivity contribution is 8.00. The second kappa shape index (κ2) is 9.05. The molecule has 0 fully saturated rings. The summed E-state index contributed by atoms with van der Waals surface area (Å²) in [6.07, 6.45) is 0. The highest BCUT2D eigenvalue weighted by Gasteiger charge is 2.17. The summed E-state index contributed by atoms with van der Waals surface area (Å²) in [7, 11) is 0. The normalized spacial score (nSPS) is 11.8. The molecule has 0 radical (unpaired) electrons. The molecule has 4 rings (SSSR count). The standard InChI is InChI=1S/C22H16F2N2O4S/c23-16-7-6-14(10-17(16)24)31-11-21(27)26-18-4-2-1-3-15(18)22(28)25-13-5-8-19-20(9-13)30-12-29-19/h1-10H,11-12H2,(H,25,28)(H,26,27). The van der Waals surface area contributed by atoms with Crippen LogP contribution in [-0.2, 0) is 4.79 Å². The van der Waals surface area contributed by atoms with Gasteiger partial charge < -0.3 is 20.1 Å². The monoisotopic (exact) mass is 442 g/mol. The third-order valence-electron chi connectivity index (χ3n) is 4.34. The lowest BCUT2D eigenvalue weighted by Crippen LogP contribution is -2.19. The van der Waals surface area contributed by atoms with Crippen molar-refractivity contribution in [3.8, 4) is 11.5 Å². The number of rotatable bonds is 6. The van der Waals surface area contributed by atoms with Crippen molar-refractivity contribution in [2.75, 3.05) is 23.2 Å².